The topological polar surface area (TPSA) is 32.3 Å². The molecule has 23 heavy (non-hydrogen) atoms. The van der Waals surface area contributed by atoms with Crippen LogP contribution in [0, 0.1) is 5.82 Å². The first-order valence-electron chi connectivity index (χ1n) is 7.33. The maximum atomic E-state index is 14.2. The molecule has 1 N–H and O–H groups in total. The summed E-state index contributed by atoms with van der Waals surface area (Å²) in [5.74, 6) is -0.306. The van der Waals surface area contributed by atoms with Crippen LogP contribution in [0.2, 0.25) is 0 Å². The molecule has 1 aliphatic rings. The van der Waals surface area contributed by atoms with Gasteiger partial charge in [-0.05, 0) is 29.3 Å². The molecule has 3 nitrogen and oxygen atoms in total. The minimum atomic E-state index is -0.306. The van der Waals surface area contributed by atoms with E-state index in [1.807, 2.05) is 36.4 Å². The third-order valence-corrected chi connectivity index (χ3v) is 4.23. The summed E-state index contributed by atoms with van der Waals surface area (Å²) < 4.78 is 14.2. The molecule has 1 unspecified atom stereocenters. The van der Waals surface area contributed by atoms with E-state index in [9.17, 15) is 9.18 Å². The van der Waals surface area contributed by atoms with Gasteiger partial charge in [-0.2, -0.15) is 0 Å². The fourth-order valence-electron chi connectivity index (χ4n) is 2.82. The highest BCUT2D eigenvalue weighted by Crippen LogP contribution is 2.35. The lowest BCUT2D eigenvalue weighted by molar-refractivity contribution is 0.200. The Balaban J connectivity index is 2.03. The number of hydrogen-bond donors (Lipinski definition) is 2. The van der Waals surface area contributed by atoms with Crippen LogP contribution in [0.3, 0.4) is 0 Å². The van der Waals surface area contributed by atoms with Gasteiger partial charge in [0.2, 0.25) is 0 Å². The average molecular weight is 328 g/mol. The van der Waals surface area contributed by atoms with Crippen molar-refractivity contribution in [3.63, 3.8) is 0 Å². The molecule has 1 aliphatic heterocycles. The first-order chi connectivity index (χ1) is 11.1. The monoisotopic (exact) mass is 328 g/mol. The van der Waals surface area contributed by atoms with E-state index in [0.717, 1.165) is 11.1 Å². The number of nitrogens with one attached hydrogen (secondary N) is 1. The van der Waals surface area contributed by atoms with Crippen molar-refractivity contribution in [1.82, 2.24) is 10.2 Å². The first-order valence-corrected chi connectivity index (χ1v) is 7.77. The molecule has 1 heterocycles. The van der Waals surface area contributed by atoms with Crippen molar-refractivity contribution in [2.24, 2.45) is 0 Å². The predicted octanol–water partition coefficient (Wildman–Crippen LogP) is 3.89. The number of thiol groups is 1. The molecule has 0 spiro atoms. The second kappa shape index (κ2) is 6.46. The van der Waals surface area contributed by atoms with Gasteiger partial charge in [-0.15, -0.1) is 12.6 Å². The number of urea groups is 1. The van der Waals surface area contributed by atoms with Gasteiger partial charge >= 0.3 is 6.03 Å². The molecule has 0 saturated heterocycles. The van der Waals surface area contributed by atoms with Crippen LogP contribution in [0.4, 0.5) is 9.18 Å². The summed E-state index contributed by atoms with van der Waals surface area (Å²) in [5.41, 5.74) is 2.27. The lowest BCUT2D eigenvalue weighted by atomic mass is 10.0. The van der Waals surface area contributed by atoms with Crippen molar-refractivity contribution < 1.29 is 9.18 Å². The van der Waals surface area contributed by atoms with Gasteiger partial charge in [0.05, 0.1) is 6.04 Å². The lowest BCUT2D eigenvalue weighted by Crippen LogP contribution is -2.38. The van der Waals surface area contributed by atoms with Gasteiger partial charge in [-0.3, -0.25) is 0 Å². The van der Waals surface area contributed by atoms with Crippen LogP contribution >= 0.6 is 12.6 Å². The van der Waals surface area contributed by atoms with Gasteiger partial charge < -0.3 is 10.2 Å². The molecule has 2 aromatic rings. The molecule has 118 valence electrons. The summed E-state index contributed by atoms with van der Waals surface area (Å²) in [4.78, 5) is 14.6. The third kappa shape index (κ3) is 3.10. The van der Waals surface area contributed by atoms with Crippen molar-refractivity contribution in [2.45, 2.75) is 10.9 Å². The van der Waals surface area contributed by atoms with Gasteiger partial charge in [-0.1, -0.05) is 36.4 Å². The minimum absolute atomic E-state index is 0.187. The minimum Gasteiger partial charge on any atom is -0.341 e. The van der Waals surface area contributed by atoms with Crippen LogP contribution in [0.1, 0.15) is 17.2 Å². The zero-order valence-electron chi connectivity index (χ0n) is 12.7. The van der Waals surface area contributed by atoms with Crippen molar-refractivity contribution in [3.8, 4) is 0 Å². The predicted molar refractivity (Wildman–Crippen MR) is 92.0 cm³/mol. The zero-order valence-corrected chi connectivity index (χ0v) is 13.6. The number of rotatable bonds is 2. The SMILES string of the molecule is CNC(=O)N1CC(c2cc(S)ccc2F)=CC1c1ccccc1. The van der Waals surface area contributed by atoms with E-state index in [4.69, 9.17) is 0 Å². The maximum absolute atomic E-state index is 14.2. The molecule has 0 aliphatic carbocycles. The van der Waals surface area contributed by atoms with E-state index in [-0.39, 0.29) is 17.9 Å². The first kappa shape index (κ1) is 15.6. The standard InChI is InChI=1S/C18H17FN2OS/c1-20-18(22)21-11-13(15-10-14(23)7-8-16(15)19)9-17(21)12-5-3-2-4-6-12/h2-10,17,23H,11H2,1H3,(H,20,22). The molecule has 0 radical (unpaired) electrons. The molecule has 3 rings (SSSR count). The second-order valence-corrected chi connectivity index (χ2v) is 5.91. The highest BCUT2D eigenvalue weighted by atomic mass is 32.1. The Morgan fingerprint density at radius 3 is 2.70 bits per heavy atom. The Hall–Kier alpha value is -2.27. The summed E-state index contributed by atoms with van der Waals surface area (Å²) >= 11 is 4.28. The summed E-state index contributed by atoms with van der Waals surface area (Å²) in [6.45, 7) is 0.355. The second-order valence-electron chi connectivity index (χ2n) is 5.39. The molecule has 5 heteroatoms. The number of benzene rings is 2. The number of hydrogen-bond acceptors (Lipinski definition) is 2. The van der Waals surface area contributed by atoms with E-state index >= 15 is 0 Å². The molecule has 2 aromatic carbocycles. The lowest BCUT2D eigenvalue weighted by Gasteiger charge is -2.24. The highest BCUT2D eigenvalue weighted by molar-refractivity contribution is 7.80. The average Bonchev–Trinajstić information content (AvgIpc) is 3.02. The van der Waals surface area contributed by atoms with Gasteiger partial charge in [0.1, 0.15) is 5.82 Å². The van der Waals surface area contributed by atoms with Crippen molar-refractivity contribution in [1.29, 1.82) is 0 Å². The van der Waals surface area contributed by atoms with Crippen LogP contribution < -0.4 is 5.32 Å². The van der Waals surface area contributed by atoms with Crippen LogP contribution in [-0.2, 0) is 0 Å². The Kier molecular flexibility index (Phi) is 4.39. The van der Waals surface area contributed by atoms with E-state index in [1.54, 1.807) is 24.1 Å². The summed E-state index contributed by atoms with van der Waals surface area (Å²) in [6.07, 6.45) is 1.94. The largest absolute Gasteiger partial charge is 0.341 e. The molecule has 0 saturated carbocycles. The van der Waals surface area contributed by atoms with E-state index in [2.05, 4.69) is 17.9 Å². The number of halogens is 1. The Bertz CT molecular complexity index is 761. The van der Waals surface area contributed by atoms with Crippen LogP contribution in [0.15, 0.2) is 59.5 Å². The third-order valence-electron chi connectivity index (χ3n) is 3.95. The van der Waals surface area contributed by atoms with E-state index in [0.29, 0.717) is 17.0 Å². The molecular formula is C18H17FN2OS. The van der Waals surface area contributed by atoms with E-state index in [1.165, 1.54) is 6.07 Å². The Labute approximate surface area is 140 Å². The Morgan fingerprint density at radius 1 is 1.26 bits per heavy atom. The van der Waals surface area contributed by atoms with Crippen LogP contribution in [-0.4, -0.2) is 24.5 Å². The van der Waals surface area contributed by atoms with Crippen LogP contribution in [0.5, 0.6) is 0 Å². The quantitative estimate of drug-likeness (QED) is 0.805. The normalized spacial score (nSPS) is 17.1. The number of carbonyl (C=O) groups excluding carboxylic acids is 1. The molecular weight excluding hydrogens is 311 g/mol. The smallest absolute Gasteiger partial charge is 0.318 e. The van der Waals surface area contributed by atoms with Gasteiger partial charge in [0, 0.05) is 24.1 Å². The fourth-order valence-corrected chi connectivity index (χ4v) is 3.02. The van der Waals surface area contributed by atoms with Gasteiger partial charge in [0.15, 0.2) is 0 Å². The summed E-state index contributed by atoms with van der Waals surface area (Å²) in [7, 11) is 1.59. The summed E-state index contributed by atoms with van der Waals surface area (Å²) in [6, 6.07) is 14.0. The van der Waals surface area contributed by atoms with Gasteiger partial charge in [-0.25, -0.2) is 9.18 Å². The zero-order chi connectivity index (χ0) is 16.4. The molecule has 0 bridgehead atoms. The molecule has 1 atom stereocenters. The highest BCUT2D eigenvalue weighted by Gasteiger charge is 2.31. The van der Waals surface area contributed by atoms with Gasteiger partial charge in [0.25, 0.3) is 0 Å². The van der Waals surface area contributed by atoms with E-state index < -0.39 is 0 Å². The molecule has 0 aromatic heterocycles. The number of carbonyl (C=O) groups is 1. The molecule has 2 amide bonds. The van der Waals surface area contributed by atoms with Crippen LogP contribution in [0.25, 0.3) is 5.57 Å². The van der Waals surface area contributed by atoms with Crippen molar-refractivity contribution >= 4 is 24.2 Å². The number of nitrogens with zero attached hydrogens (tertiary/aromatic N) is 1. The maximum Gasteiger partial charge on any atom is 0.318 e. The number of amides is 2. The Morgan fingerprint density at radius 2 is 2.00 bits per heavy atom. The van der Waals surface area contributed by atoms with Crippen molar-refractivity contribution in [2.75, 3.05) is 13.6 Å². The van der Waals surface area contributed by atoms with Crippen molar-refractivity contribution in [3.05, 3.63) is 71.6 Å². The summed E-state index contributed by atoms with van der Waals surface area (Å²) in [5, 5.41) is 2.65. The molecule has 0 fully saturated rings. The fraction of sp³-hybridized carbons (Fsp3) is 0.167.